The van der Waals surface area contributed by atoms with Crippen LogP contribution in [0.2, 0.25) is 0 Å². The first kappa shape index (κ1) is 20.7. The smallest absolute Gasteiger partial charge is 0.338 e. The van der Waals surface area contributed by atoms with Crippen LogP contribution < -0.4 is 0 Å². The first-order valence-corrected chi connectivity index (χ1v) is 9.53. The average molecular weight is 368 g/mol. The molecule has 0 saturated carbocycles. The van der Waals surface area contributed by atoms with E-state index in [2.05, 4.69) is 0 Å². The Morgan fingerprint density at radius 1 is 0.778 bits per heavy atom. The quantitative estimate of drug-likeness (QED) is 0.565. The van der Waals surface area contributed by atoms with E-state index in [0.29, 0.717) is 24.0 Å². The fourth-order valence-electron chi connectivity index (χ4n) is 2.80. The largest absolute Gasteiger partial charge is 0.459 e. The fraction of sp³-hybridized carbons (Fsp3) is 0.391. The predicted octanol–water partition coefficient (Wildman–Crippen LogP) is 5.28. The summed E-state index contributed by atoms with van der Waals surface area (Å²) in [7, 11) is 0. The molecule has 2 rings (SSSR count). The van der Waals surface area contributed by atoms with E-state index < -0.39 is 0 Å². The molecule has 0 bridgehead atoms. The van der Waals surface area contributed by atoms with Crippen molar-refractivity contribution >= 4 is 11.9 Å². The summed E-state index contributed by atoms with van der Waals surface area (Å²) < 4.78 is 11.3. The molecule has 0 aliphatic heterocycles. The lowest BCUT2D eigenvalue weighted by Gasteiger charge is -2.24. The van der Waals surface area contributed by atoms with Crippen molar-refractivity contribution in [3.8, 4) is 0 Å². The minimum atomic E-state index is -0.316. The lowest BCUT2D eigenvalue weighted by Crippen LogP contribution is -2.26. The zero-order valence-corrected chi connectivity index (χ0v) is 16.3. The molecule has 0 aliphatic carbocycles. The number of rotatable bonds is 9. The molecule has 0 aromatic heterocycles. The Morgan fingerprint density at radius 3 is 1.70 bits per heavy atom. The molecule has 2 unspecified atom stereocenters. The summed E-state index contributed by atoms with van der Waals surface area (Å²) in [6, 6.07) is 18.0. The van der Waals surface area contributed by atoms with Crippen LogP contribution in [0.15, 0.2) is 60.7 Å². The highest BCUT2D eigenvalue weighted by atomic mass is 16.5. The normalized spacial score (nSPS) is 13.0. The van der Waals surface area contributed by atoms with E-state index in [1.807, 2.05) is 57.2 Å². The van der Waals surface area contributed by atoms with Gasteiger partial charge in [0.1, 0.15) is 12.2 Å². The number of hydrogen-bond donors (Lipinski definition) is 0. The van der Waals surface area contributed by atoms with Gasteiger partial charge in [-0.1, -0.05) is 57.2 Å². The summed E-state index contributed by atoms with van der Waals surface area (Å²) in [5.74, 6) is -0.451. The minimum Gasteiger partial charge on any atom is -0.459 e. The van der Waals surface area contributed by atoms with Crippen molar-refractivity contribution in [1.82, 2.24) is 0 Å². The summed E-state index contributed by atoms with van der Waals surface area (Å²) in [4.78, 5) is 24.6. The van der Waals surface area contributed by atoms with Gasteiger partial charge in [-0.3, -0.25) is 0 Å². The minimum absolute atomic E-state index is 0.181. The van der Waals surface area contributed by atoms with Gasteiger partial charge in [-0.2, -0.15) is 0 Å². The molecule has 0 amide bonds. The van der Waals surface area contributed by atoms with E-state index >= 15 is 0 Å². The summed E-state index contributed by atoms with van der Waals surface area (Å²) >= 11 is 0. The van der Waals surface area contributed by atoms with Gasteiger partial charge in [0.05, 0.1) is 11.1 Å². The molecule has 0 radical (unpaired) electrons. The van der Waals surface area contributed by atoms with E-state index in [9.17, 15) is 9.59 Å². The standard InChI is InChI=1S/C23H28O4/c1-4-20(26-22(24)18-11-7-5-8-12-18)15-16-21(17(2)3)27-23(25)19-13-9-6-10-14-19/h5-14,17,20-21H,4,15-16H2,1-3H3. The van der Waals surface area contributed by atoms with E-state index in [-0.39, 0.29) is 30.1 Å². The van der Waals surface area contributed by atoms with Crippen LogP contribution >= 0.6 is 0 Å². The highest BCUT2D eigenvalue weighted by Crippen LogP contribution is 2.19. The molecule has 0 saturated heterocycles. The third kappa shape index (κ3) is 6.55. The lowest BCUT2D eigenvalue weighted by atomic mass is 9.99. The third-order valence-electron chi connectivity index (χ3n) is 4.52. The lowest BCUT2D eigenvalue weighted by molar-refractivity contribution is 0.00306. The second-order valence-electron chi connectivity index (χ2n) is 6.93. The van der Waals surface area contributed by atoms with Crippen molar-refractivity contribution < 1.29 is 19.1 Å². The Bertz CT molecular complexity index is 710. The maximum absolute atomic E-state index is 12.3. The molecule has 2 aromatic rings. The van der Waals surface area contributed by atoms with Crippen LogP contribution in [-0.4, -0.2) is 24.1 Å². The number of carbonyl (C=O) groups is 2. The van der Waals surface area contributed by atoms with Crippen LogP contribution in [0.25, 0.3) is 0 Å². The van der Waals surface area contributed by atoms with Gasteiger partial charge in [0.2, 0.25) is 0 Å². The zero-order valence-electron chi connectivity index (χ0n) is 16.3. The molecule has 4 nitrogen and oxygen atoms in total. The monoisotopic (exact) mass is 368 g/mol. The Morgan fingerprint density at radius 2 is 1.26 bits per heavy atom. The summed E-state index contributed by atoms with van der Waals surface area (Å²) in [6.45, 7) is 6.04. The Hall–Kier alpha value is -2.62. The van der Waals surface area contributed by atoms with Crippen molar-refractivity contribution in [3.05, 3.63) is 71.8 Å². The highest BCUT2D eigenvalue weighted by Gasteiger charge is 2.22. The zero-order chi connectivity index (χ0) is 19.6. The highest BCUT2D eigenvalue weighted by molar-refractivity contribution is 5.89. The molecule has 0 fully saturated rings. The SMILES string of the molecule is CCC(CCC(OC(=O)c1ccccc1)C(C)C)OC(=O)c1ccccc1. The van der Waals surface area contributed by atoms with Gasteiger partial charge in [-0.25, -0.2) is 9.59 Å². The number of ether oxygens (including phenoxy) is 2. The van der Waals surface area contributed by atoms with Crippen LogP contribution in [-0.2, 0) is 9.47 Å². The van der Waals surface area contributed by atoms with Crippen molar-refractivity contribution in [2.24, 2.45) is 5.92 Å². The van der Waals surface area contributed by atoms with Gasteiger partial charge in [-0.15, -0.1) is 0 Å². The van der Waals surface area contributed by atoms with E-state index in [1.165, 1.54) is 0 Å². The van der Waals surface area contributed by atoms with E-state index in [0.717, 1.165) is 6.42 Å². The summed E-state index contributed by atoms with van der Waals surface area (Å²) in [5, 5.41) is 0. The molecular formula is C23H28O4. The second kappa shape index (κ2) is 10.5. The molecule has 0 spiro atoms. The molecule has 27 heavy (non-hydrogen) atoms. The number of hydrogen-bond acceptors (Lipinski definition) is 4. The topological polar surface area (TPSA) is 52.6 Å². The van der Waals surface area contributed by atoms with Crippen LogP contribution in [0.1, 0.15) is 60.7 Å². The maximum Gasteiger partial charge on any atom is 0.338 e. The summed E-state index contributed by atoms with van der Waals surface area (Å²) in [6.07, 6.45) is 1.60. The Labute approximate surface area is 161 Å². The van der Waals surface area contributed by atoms with Crippen molar-refractivity contribution in [2.45, 2.75) is 52.2 Å². The van der Waals surface area contributed by atoms with Gasteiger partial charge >= 0.3 is 11.9 Å². The van der Waals surface area contributed by atoms with Crippen LogP contribution in [0.3, 0.4) is 0 Å². The van der Waals surface area contributed by atoms with Gasteiger partial charge in [0, 0.05) is 0 Å². The van der Waals surface area contributed by atoms with E-state index in [1.54, 1.807) is 24.3 Å². The van der Waals surface area contributed by atoms with Crippen molar-refractivity contribution in [1.29, 1.82) is 0 Å². The van der Waals surface area contributed by atoms with Crippen LogP contribution in [0.4, 0.5) is 0 Å². The molecule has 0 heterocycles. The van der Waals surface area contributed by atoms with Gasteiger partial charge < -0.3 is 9.47 Å². The molecular weight excluding hydrogens is 340 g/mol. The Kier molecular flexibility index (Phi) is 8.05. The number of esters is 2. The first-order valence-electron chi connectivity index (χ1n) is 9.53. The Balaban J connectivity index is 1.91. The maximum atomic E-state index is 12.3. The fourth-order valence-corrected chi connectivity index (χ4v) is 2.80. The van der Waals surface area contributed by atoms with Crippen LogP contribution in [0, 0.1) is 5.92 Å². The molecule has 2 aromatic carbocycles. The van der Waals surface area contributed by atoms with Crippen molar-refractivity contribution in [3.63, 3.8) is 0 Å². The van der Waals surface area contributed by atoms with E-state index in [4.69, 9.17) is 9.47 Å². The van der Waals surface area contributed by atoms with Crippen molar-refractivity contribution in [2.75, 3.05) is 0 Å². The summed E-state index contributed by atoms with van der Waals surface area (Å²) in [5.41, 5.74) is 1.09. The first-order chi connectivity index (χ1) is 13.0. The molecule has 0 N–H and O–H groups in total. The molecule has 0 aliphatic rings. The van der Waals surface area contributed by atoms with Gasteiger partial charge in [-0.05, 0) is 49.4 Å². The predicted molar refractivity (Wildman–Crippen MR) is 106 cm³/mol. The molecule has 2 atom stereocenters. The average Bonchev–Trinajstić information content (AvgIpc) is 2.70. The molecule has 144 valence electrons. The molecule has 4 heteroatoms. The van der Waals surface area contributed by atoms with Crippen LogP contribution in [0.5, 0.6) is 0 Å². The van der Waals surface area contributed by atoms with Gasteiger partial charge in [0.15, 0.2) is 0 Å². The third-order valence-corrected chi connectivity index (χ3v) is 4.52. The number of carbonyl (C=O) groups excluding carboxylic acids is 2. The van der Waals surface area contributed by atoms with Gasteiger partial charge in [0.25, 0.3) is 0 Å². The number of benzene rings is 2. The second-order valence-corrected chi connectivity index (χ2v) is 6.93.